The topological polar surface area (TPSA) is 62.6 Å². The molecule has 0 aromatic heterocycles. The fraction of sp³-hybridized carbons (Fsp3) is 0.400. The zero-order valence-corrected chi connectivity index (χ0v) is 7.73. The predicted molar refractivity (Wildman–Crippen MR) is 49.2 cm³/mol. The second-order valence-corrected chi connectivity index (χ2v) is 2.89. The van der Waals surface area contributed by atoms with Gasteiger partial charge in [-0.3, -0.25) is 0 Å². The lowest BCUT2D eigenvalue weighted by Crippen LogP contribution is -2.11. The van der Waals surface area contributed by atoms with Gasteiger partial charge in [0.1, 0.15) is 12.7 Å². The molecule has 0 radical (unpaired) electrons. The Morgan fingerprint density at radius 1 is 1.79 bits per heavy atom. The number of hydrogen-bond acceptors (Lipinski definition) is 4. The van der Waals surface area contributed by atoms with Gasteiger partial charge in [-0.2, -0.15) is 5.26 Å². The minimum atomic E-state index is -0.428. The van der Waals surface area contributed by atoms with E-state index in [-0.39, 0.29) is 6.10 Å². The van der Waals surface area contributed by atoms with Crippen LogP contribution in [-0.2, 0) is 14.3 Å². The molecule has 0 spiro atoms. The molecule has 1 heterocycles. The van der Waals surface area contributed by atoms with E-state index in [1.54, 1.807) is 6.08 Å². The summed E-state index contributed by atoms with van der Waals surface area (Å²) in [6.07, 6.45) is 3.29. The lowest BCUT2D eigenvalue weighted by atomic mass is 10.2. The molecule has 0 N–H and O–H groups in total. The fourth-order valence-corrected chi connectivity index (χ4v) is 0.772. The third-order valence-electron chi connectivity index (χ3n) is 1.65. The van der Waals surface area contributed by atoms with Crippen molar-refractivity contribution in [2.75, 3.05) is 13.2 Å². The first kappa shape index (κ1) is 10.5. The van der Waals surface area contributed by atoms with Gasteiger partial charge in [-0.05, 0) is 6.42 Å². The van der Waals surface area contributed by atoms with Crippen molar-refractivity contribution in [1.29, 1.82) is 5.26 Å². The molecule has 1 unspecified atom stereocenters. The number of nitrogens with zero attached hydrogens (tertiary/aromatic N) is 1. The third kappa shape index (κ3) is 3.87. The Labute approximate surface area is 82.4 Å². The first-order valence-electron chi connectivity index (χ1n) is 4.25. The highest BCUT2D eigenvalue weighted by molar-refractivity contribution is 5.88. The van der Waals surface area contributed by atoms with Crippen LogP contribution in [-0.4, -0.2) is 25.3 Å². The average molecular weight is 193 g/mol. The van der Waals surface area contributed by atoms with Gasteiger partial charge < -0.3 is 9.47 Å². The van der Waals surface area contributed by atoms with E-state index in [0.717, 1.165) is 0 Å². The molecule has 1 saturated heterocycles. The van der Waals surface area contributed by atoms with Crippen LogP contribution in [0.1, 0.15) is 6.42 Å². The van der Waals surface area contributed by atoms with Gasteiger partial charge >= 0.3 is 5.97 Å². The highest BCUT2D eigenvalue weighted by Crippen LogP contribution is 2.10. The summed E-state index contributed by atoms with van der Waals surface area (Å²) < 4.78 is 9.75. The van der Waals surface area contributed by atoms with E-state index in [2.05, 4.69) is 6.58 Å². The van der Waals surface area contributed by atoms with Crippen molar-refractivity contribution >= 4 is 5.97 Å². The maximum absolute atomic E-state index is 11.2. The highest BCUT2D eigenvalue weighted by Gasteiger charge is 2.24. The monoisotopic (exact) mass is 193 g/mol. The van der Waals surface area contributed by atoms with E-state index in [9.17, 15) is 4.79 Å². The van der Waals surface area contributed by atoms with Gasteiger partial charge in [0.05, 0.1) is 12.7 Å². The summed E-state index contributed by atoms with van der Waals surface area (Å²) in [5.74, 6) is -0.428. The number of ether oxygens (including phenoxy) is 2. The molecule has 4 nitrogen and oxygen atoms in total. The minimum Gasteiger partial charge on any atom is -0.459 e. The zero-order chi connectivity index (χ0) is 10.4. The van der Waals surface area contributed by atoms with Crippen LogP contribution in [0.5, 0.6) is 0 Å². The van der Waals surface area contributed by atoms with E-state index in [0.29, 0.717) is 25.2 Å². The van der Waals surface area contributed by atoms with Crippen LogP contribution in [0.15, 0.2) is 24.3 Å². The molecule has 74 valence electrons. The van der Waals surface area contributed by atoms with Crippen molar-refractivity contribution in [2.24, 2.45) is 0 Å². The Balaban J connectivity index is 2.18. The summed E-state index contributed by atoms with van der Waals surface area (Å²) in [7, 11) is 0. The van der Waals surface area contributed by atoms with E-state index in [4.69, 9.17) is 14.7 Å². The van der Waals surface area contributed by atoms with Gasteiger partial charge in [0.2, 0.25) is 0 Å². The molecule has 1 rings (SSSR count). The molecule has 0 amide bonds. The molecule has 0 saturated carbocycles. The maximum atomic E-state index is 11.2. The number of epoxide rings is 1. The van der Waals surface area contributed by atoms with E-state index in [1.165, 1.54) is 6.08 Å². The Bertz CT molecular complexity index is 297. The SMILES string of the molecule is C=C(CC=CC#N)C(=O)OCC1CO1. The number of hydrogen-bond donors (Lipinski definition) is 0. The normalized spacial score (nSPS) is 18.9. The fourth-order valence-electron chi connectivity index (χ4n) is 0.772. The van der Waals surface area contributed by atoms with Gasteiger partial charge in [0.15, 0.2) is 0 Å². The lowest BCUT2D eigenvalue weighted by molar-refractivity contribution is -0.139. The number of allylic oxidation sites excluding steroid dienone is 2. The summed E-state index contributed by atoms with van der Waals surface area (Å²) in [5, 5.41) is 8.20. The molecule has 1 atom stereocenters. The summed E-state index contributed by atoms with van der Waals surface area (Å²) >= 11 is 0. The van der Waals surface area contributed by atoms with E-state index >= 15 is 0 Å². The number of carbonyl (C=O) groups is 1. The lowest BCUT2D eigenvalue weighted by Gasteiger charge is -2.02. The molecule has 0 aromatic rings. The van der Waals surface area contributed by atoms with Crippen LogP contribution >= 0.6 is 0 Å². The van der Waals surface area contributed by atoms with Crippen molar-refractivity contribution < 1.29 is 14.3 Å². The molecule has 0 aliphatic carbocycles. The molecule has 1 aliphatic heterocycles. The standard InChI is InChI=1S/C10H11NO3/c1-8(4-2-3-5-11)10(12)14-7-9-6-13-9/h2-3,9H,1,4,6-7H2. The van der Waals surface area contributed by atoms with Gasteiger partial charge in [-0.25, -0.2) is 4.79 Å². The number of carbonyl (C=O) groups excluding carboxylic acids is 1. The van der Waals surface area contributed by atoms with Gasteiger partial charge in [0.25, 0.3) is 0 Å². The van der Waals surface area contributed by atoms with Gasteiger partial charge in [0, 0.05) is 11.6 Å². The first-order chi connectivity index (χ1) is 6.74. The van der Waals surface area contributed by atoms with Crippen molar-refractivity contribution in [1.82, 2.24) is 0 Å². The Morgan fingerprint density at radius 3 is 3.07 bits per heavy atom. The summed E-state index contributed by atoms with van der Waals surface area (Å²) in [6, 6.07) is 1.83. The van der Waals surface area contributed by atoms with Crippen LogP contribution < -0.4 is 0 Å². The van der Waals surface area contributed by atoms with Crippen LogP contribution in [0.25, 0.3) is 0 Å². The van der Waals surface area contributed by atoms with Crippen LogP contribution in [0, 0.1) is 11.3 Å². The van der Waals surface area contributed by atoms with E-state index < -0.39 is 5.97 Å². The third-order valence-corrected chi connectivity index (χ3v) is 1.65. The van der Waals surface area contributed by atoms with E-state index in [1.807, 2.05) is 6.07 Å². The summed E-state index contributed by atoms with van der Waals surface area (Å²) in [6.45, 7) is 4.50. The van der Waals surface area contributed by atoms with Crippen LogP contribution in [0.3, 0.4) is 0 Å². The molecule has 0 aromatic carbocycles. The second kappa shape index (κ2) is 5.20. The number of esters is 1. The number of rotatable bonds is 5. The van der Waals surface area contributed by atoms with Crippen molar-refractivity contribution in [3.05, 3.63) is 24.3 Å². The molecular weight excluding hydrogens is 182 g/mol. The molecule has 0 bridgehead atoms. The number of nitriles is 1. The maximum Gasteiger partial charge on any atom is 0.333 e. The predicted octanol–water partition coefficient (Wildman–Crippen LogP) is 0.954. The zero-order valence-electron chi connectivity index (χ0n) is 7.73. The summed E-state index contributed by atoms with van der Waals surface area (Å²) in [5.41, 5.74) is 0.345. The van der Waals surface area contributed by atoms with Crippen molar-refractivity contribution in [3.8, 4) is 6.07 Å². The molecule has 14 heavy (non-hydrogen) atoms. The molecule has 1 aliphatic rings. The smallest absolute Gasteiger partial charge is 0.333 e. The Morgan fingerprint density at radius 2 is 2.50 bits per heavy atom. The molecule has 4 heteroatoms. The van der Waals surface area contributed by atoms with Crippen molar-refractivity contribution in [3.63, 3.8) is 0 Å². The first-order valence-corrected chi connectivity index (χ1v) is 4.25. The highest BCUT2D eigenvalue weighted by atomic mass is 16.6. The summed E-state index contributed by atoms with van der Waals surface area (Å²) in [4.78, 5) is 11.2. The quantitative estimate of drug-likeness (QED) is 0.282. The Hall–Kier alpha value is -1.60. The van der Waals surface area contributed by atoms with Gasteiger partial charge in [-0.1, -0.05) is 12.7 Å². The second-order valence-electron chi connectivity index (χ2n) is 2.89. The van der Waals surface area contributed by atoms with Crippen LogP contribution in [0.4, 0.5) is 0 Å². The van der Waals surface area contributed by atoms with Gasteiger partial charge in [-0.15, -0.1) is 0 Å². The van der Waals surface area contributed by atoms with Crippen molar-refractivity contribution in [2.45, 2.75) is 12.5 Å². The minimum absolute atomic E-state index is 0.0707. The van der Waals surface area contributed by atoms with Crippen LogP contribution in [0.2, 0.25) is 0 Å². The molecule has 1 fully saturated rings. The Kier molecular flexibility index (Phi) is 3.89. The average Bonchev–Trinajstić information content (AvgIpc) is 2.98. The molecular formula is C10H11NO3. The largest absolute Gasteiger partial charge is 0.459 e.